The van der Waals surface area contributed by atoms with Crippen LogP contribution in [0.5, 0.6) is 0 Å². The molecule has 1 aliphatic rings. The number of pyridine rings is 1. The summed E-state index contributed by atoms with van der Waals surface area (Å²) in [5, 5.41) is 5.32. The Hall–Kier alpha value is -2.14. The van der Waals surface area contributed by atoms with Crippen molar-refractivity contribution in [3.63, 3.8) is 0 Å². The van der Waals surface area contributed by atoms with Gasteiger partial charge in [-0.3, -0.25) is 4.79 Å². The van der Waals surface area contributed by atoms with E-state index in [1.54, 1.807) is 12.1 Å². The molecule has 1 aromatic carbocycles. The van der Waals surface area contributed by atoms with Gasteiger partial charge in [-0.05, 0) is 43.4 Å². The van der Waals surface area contributed by atoms with Gasteiger partial charge in [0.1, 0.15) is 0 Å². The average molecular weight is 358 g/mol. The van der Waals surface area contributed by atoms with Crippen molar-refractivity contribution < 1.29 is 4.52 Å². The largest absolute Gasteiger partial charge is 0.339 e. The fourth-order valence-electron chi connectivity index (χ4n) is 3.19. The first-order valence-corrected chi connectivity index (χ1v) is 9.18. The van der Waals surface area contributed by atoms with Gasteiger partial charge in [-0.2, -0.15) is 4.98 Å². The van der Waals surface area contributed by atoms with Crippen LogP contribution in [0.2, 0.25) is 5.02 Å². The monoisotopic (exact) mass is 357 g/mol. The molecule has 25 heavy (non-hydrogen) atoms. The summed E-state index contributed by atoms with van der Waals surface area (Å²) in [5.41, 5.74) is 1.95. The van der Waals surface area contributed by atoms with Crippen LogP contribution in [0, 0.1) is 0 Å². The molecule has 130 valence electrons. The number of aromatic nitrogens is 3. The maximum atomic E-state index is 12.5. The summed E-state index contributed by atoms with van der Waals surface area (Å²) in [6.07, 6.45) is 5.17. The van der Waals surface area contributed by atoms with Gasteiger partial charge in [0.2, 0.25) is 5.89 Å². The number of fused-ring (bicyclic) bond motifs is 1. The average Bonchev–Trinajstić information content (AvgIpc) is 3.35. The van der Waals surface area contributed by atoms with Gasteiger partial charge in [0, 0.05) is 28.6 Å². The Morgan fingerprint density at radius 1 is 1.32 bits per heavy atom. The number of rotatable bonds is 6. The van der Waals surface area contributed by atoms with E-state index in [0.29, 0.717) is 34.6 Å². The number of nitrogens with zero attached hydrogens (tertiary/aromatic N) is 3. The van der Waals surface area contributed by atoms with Crippen molar-refractivity contribution in [1.29, 1.82) is 0 Å². The lowest BCUT2D eigenvalue weighted by atomic mass is 10.1. The zero-order chi connectivity index (χ0) is 17.4. The second-order valence-electron chi connectivity index (χ2n) is 6.66. The Bertz CT molecular complexity index is 972. The molecule has 0 saturated heterocycles. The summed E-state index contributed by atoms with van der Waals surface area (Å²) in [6, 6.07) is 7.20. The highest BCUT2D eigenvalue weighted by Gasteiger charge is 2.28. The normalized spacial score (nSPS) is 14.3. The molecule has 1 aliphatic carbocycles. The molecule has 0 bridgehead atoms. The second-order valence-corrected chi connectivity index (χ2v) is 7.10. The topological polar surface area (TPSA) is 60.9 Å². The van der Waals surface area contributed by atoms with Gasteiger partial charge in [-0.25, -0.2) is 0 Å². The van der Waals surface area contributed by atoms with Gasteiger partial charge in [0.15, 0.2) is 11.3 Å². The smallest absolute Gasteiger partial charge is 0.226 e. The van der Waals surface area contributed by atoms with E-state index in [1.807, 2.05) is 12.1 Å². The summed E-state index contributed by atoms with van der Waals surface area (Å²) in [7, 11) is 0. The third-order valence-corrected chi connectivity index (χ3v) is 4.89. The van der Waals surface area contributed by atoms with Crippen LogP contribution in [0.25, 0.3) is 10.9 Å². The predicted octanol–water partition coefficient (Wildman–Crippen LogP) is 4.31. The van der Waals surface area contributed by atoms with E-state index in [0.717, 1.165) is 43.3 Å². The van der Waals surface area contributed by atoms with E-state index in [2.05, 4.69) is 21.6 Å². The van der Waals surface area contributed by atoms with Crippen molar-refractivity contribution in [2.75, 3.05) is 0 Å². The van der Waals surface area contributed by atoms with Gasteiger partial charge in [0.05, 0.1) is 12.1 Å². The van der Waals surface area contributed by atoms with Crippen LogP contribution in [0.15, 0.2) is 33.6 Å². The Kier molecular flexibility index (Phi) is 4.34. The Balaban J connectivity index is 1.77. The first kappa shape index (κ1) is 16.3. The molecule has 1 fully saturated rings. The zero-order valence-electron chi connectivity index (χ0n) is 14.2. The number of aryl methyl sites for hydroxylation is 1. The van der Waals surface area contributed by atoms with E-state index >= 15 is 0 Å². The molecule has 0 aliphatic heterocycles. The summed E-state index contributed by atoms with van der Waals surface area (Å²) in [5.74, 6) is 1.77. The lowest BCUT2D eigenvalue weighted by molar-refractivity contribution is 0.369. The quantitative estimate of drug-likeness (QED) is 0.659. The highest BCUT2D eigenvalue weighted by molar-refractivity contribution is 6.31. The van der Waals surface area contributed by atoms with Gasteiger partial charge < -0.3 is 9.09 Å². The molecular weight excluding hydrogens is 338 g/mol. The van der Waals surface area contributed by atoms with Crippen LogP contribution in [0.3, 0.4) is 0 Å². The number of unbranched alkanes of at least 4 members (excludes halogenated alkanes) is 1. The molecule has 6 heteroatoms. The Labute approximate surface area is 150 Å². The molecule has 0 amide bonds. The van der Waals surface area contributed by atoms with Crippen molar-refractivity contribution in [3.8, 4) is 0 Å². The minimum absolute atomic E-state index is 0.0207. The lowest BCUT2D eigenvalue weighted by Gasteiger charge is -2.15. The molecule has 0 radical (unpaired) electrons. The summed E-state index contributed by atoms with van der Waals surface area (Å²) in [6.45, 7) is 2.64. The summed E-state index contributed by atoms with van der Waals surface area (Å²) >= 11 is 6.08. The summed E-state index contributed by atoms with van der Waals surface area (Å²) in [4.78, 5) is 17.0. The number of hydrogen-bond donors (Lipinski definition) is 0. The molecule has 0 spiro atoms. The fraction of sp³-hybridized carbons (Fsp3) is 0.421. The van der Waals surface area contributed by atoms with Crippen molar-refractivity contribution in [2.24, 2.45) is 0 Å². The molecule has 0 atom stereocenters. The van der Waals surface area contributed by atoms with E-state index in [1.165, 1.54) is 0 Å². The highest BCUT2D eigenvalue weighted by atomic mass is 35.5. The molecule has 4 rings (SSSR count). The molecule has 0 N–H and O–H groups in total. The SMILES string of the molecule is CCCCc1nc(Cn2c(C3CC3)cc(=O)c3cc(Cl)ccc32)no1. The van der Waals surface area contributed by atoms with E-state index in [-0.39, 0.29) is 5.43 Å². The van der Waals surface area contributed by atoms with Gasteiger partial charge in [-0.1, -0.05) is 30.1 Å². The van der Waals surface area contributed by atoms with Crippen LogP contribution < -0.4 is 5.43 Å². The van der Waals surface area contributed by atoms with Crippen LogP contribution in [0.4, 0.5) is 0 Å². The maximum absolute atomic E-state index is 12.5. The molecule has 5 nitrogen and oxygen atoms in total. The second kappa shape index (κ2) is 6.64. The minimum atomic E-state index is 0.0207. The van der Waals surface area contributed by atoms with Gasteiger partial charge in [-0.15, -0.1) is 0 Å². The zero-order valence-corrected chi connectivity index (χ0v) is 14.9. The van der Waals surface area contributed by atoms with Crippen molar-refractivity contribution in [3.05, 3.63) is 56.9 Å². The number of benzene rings is 1. The Morgan fingerprint density at radius 3 is 2.92 bits per heavy atom. The van der Waals surface area contributed by atoms with E-state index < -0.39 is 0 Å². The van der Waals surface area contributed by atoms with Crippen LogP contribution in [-0.4, -0.2) is 14.7 Å². The van der Waals surface area contributed by atoms with E-state index in [9.17, 15) is 4.79 Å². The van der Waals surface area contributed by atoms with Crippen molar-refractivity contribution >= 4 is 22.5 Å². The van der Waals surface area contributed by atoms with Crippen LogP contribution >= 0.6 is 11.6 Å². The minimum Gasteiger partial charge on any atom is -0.339 e. The van der Waals surface area contributed by atoms with E-state index in [4.69, 9.17) is 16.1 Å². The summed E-state index contributed by atoms with van der Waals surface area (Å²) < 4.78 is 7.49. The maximum Gasteiger partial charge on any atom is 0.226 e. The fourth-order valence-corrected chi connectivity index (χ4v) is 3.36. The molecule has 3 aromatic rings. The first-order chi connectivity index (χ1) is 12.2. The predicted molar refractivity (Wildman–Crippen MR) is 97.2 cm³/mol. The van der Waals surface area contributed by atoms with Crippen molar-refractivity contribution in [2.45, 2.75) is 51.5 Å². The lowest BCUT2D eigenvalue weighted by Crippen LogP contribution is -2.15. The van der Waals surface area contributed by atoms with Crippen LogP contribution in [0.1, 0.15) is 55.9 Å². The molecule has 2 heterocycles. The molecular formula is C19H20ClN3O2. The molecule has 2 aromatic heterocycles. The third kappa shape index (κ3) is 3.33. The van der Waals surface area contributed by atoms with Gasteiger partial charge >= 0.3 is 0 Å². The number of hydrogen-bond acceptors (Lipinski definition) is 4. The third-order valence-electron chi connectivity index (χ3n) is 4.66. The molecule has 0 unspecified atom stereocenters. The van der Waals surface area contributed by atoms with Gasteiger partial charge in [0.25, 0.3) is 0 Å². The standard InChI is InChI=1S/C19H20ClN3O2/c1-2-3-4-19-21-18(22-25-19)11-23-15-8-7-13(20)9-14(15)17(24)10-16(23)12-5-6-12/h7-10,12H,2-6,11H2,1H3. The number of halogens is 1. The first-order valence-electron chi connectivity index (χ1n) is 8.80. The van der Waals surface area contributed by atoms with Crippen molar-refractivity contribution in [1.82, 2.24) is 14.7 Å². The highest BCUT2D eigenvalue weighted by Crippen LogP contribution is 2.40. The molecule has 1 saturated carbocycles. The van der Waals surface area contributed by atoms with Crippen LogP contribution in [-0.2, 0) is 13.0 Å². The Morgan fingerprint density at radius 2 is 2.16 bits per heavy atom.